The normalized spacial score (nSPS) is 18.3. The van der Waals surface area contributed by atoms with E-state index in [9.17, 15) is 4.79 Å². The molecule has 0 spiro atoms. The second-order valence-electron chi connectivity index (χ2n) is 4.00. The van der Waals surface area contributed by atoms with Crippen LogP contribution in [0.5, 0.6) is 0 Å². The van der Waals surface area contributed by atoms with Gasteiger partial charge in [-0.2, -0.15) is 5.26 Å². The summed E-state index contributed by atoms with van der Waals surface area (Å²) in [7, 11) is 0. The minimum atomic E-state index is -0.0367. The first-order chi connectivity index (χ1) is 8.74. The number of nitrogens with zero attached hydrogens (tertiary/aromatic N) is 6. The van der Waals surface area contributed by atoms with E-state index >= 15 is 0 Å². The van der Waals surface area contributed by atoms with Crippen LogP contribution in [-0.2, 0) is 4.79 Å². The molecule has 0 aromatic carbocycles. The van der Waals surface area contributed by atoms with Crippen LogP contribution in [0.2, 0.25) is 0 Å². The summed E-state index contributed by atoms with van der Waals surface area (Å²) in [5.41, 5.74) is 8.70. The van der Waals surface area contributed by atoms with Crippen LogP contribution >= 0.6 is 0 Å². The van der Waals surface area contributed by atoms with Crippen molar-refractivity contribution in [3.05, 3.63) is 34.3 Å². The number of aromatic nitrogens is 1. The van der Waals surface area contributed by atoms with Crippen molar-refractivity contribution in [3.8, 4) is 6.07 Å². The van der Waals surface area contributed by atoms with Crippen molar-refractivity contribution in [2.24, 2.45) is 11.0 Å². The van der Waals surface area contributed by atoms with Gasteiger partial charge in [-0.15, -0.1) is 0 Å². The SMILES string of the molecule is N#Cc1ccc(N2CC(CN=[N+]=[N-])CC2=O)nc1. The van der Waals surface area contributed by atoms with Crippen LogP contribution in [0.4, 0.5) is 5.82 Å². The fourth-order valence-electron chi connectivity index (χ4n) is 1.89. The molecule has 0 bridgehead atoms. The van der Waals surface area contributed by atoms with E-state index in [4.69, 9.17) is 10.8 Å². The van der Waals surface area contributed by atoms with E-state index in [2.05, 4.69) is 15.0 Å². The Kier molecular flexibility index (Phi) is 3.41. The number of nitriles is 1. The molecule has 1 atom stereocenters. The Morgan fingerprint density at radius 2 is 2.50 bits per heavy atom. The summed E-state index contributed by atoms with van der Waals surface area (Å²) in [5, 5.41) is 12.1. The van der Waals surface area contributed by atoms with Crippen LogP contribution in [0, 0.1) is 17.2 Å². The molecule has 1 aliphatic heterocycles. The molecular formula is C11H10N6O. The summed E-state index contributed by atoms with van der Waals surface area (Å²) in [6, 6.07) is 5.24. The van der Waals surface area contributed by atoms with Crippen LogP contribution in [-0.4, -0.2) is 24.0 Å². The molecule has 0 saturated carbocycles. The first-order valence-electron chi connectivity index (χ1n) is 5.42. The van der Waals surface area contributed by atoms with Gasteiger partial charge in [0.25, 0.3) is 0 Å². The molecule has 90 valence electrons. The Morgan fingerprint density at radius 3 is 3.11 bits per heavy atom. The fraction of sp³-hybridized carbons (Fsp3) is 0.364. The van der Waals surface area contributed by atoms with Crippen LogP contribution < -0.4 is 4.90 Å². The molecule has 1 fully saturated rings. The van der Waals surface area contributed by atoms with Gasteiger partial charge >= 0.3 is 0 Å². The molecule has 7 heteroatoms. The van der Waals surface area contributed by atoms with E-state index in [1.165, 1.54) is 6.20 Å². The quantitative estimate of drug-likeness (QED) is 0.456. The zero-order valence-corrected chi connectivity index (χ0v) is 9.52. The third kappa shape index (κ3) is 2.39. The summed E-state index contributed by atoms with van der Waals surface area (Å²) >= 11 is 0. The van der Waals surface area contributed by atoms with Gasteiger partial charge in [-0.05, 0) is 23.6 Å². The lowest BCUT2D eigenvalue weighted by Gasteiger charge is -2.14. The highest BCUT2D eigenvalue weighted by molar-refractivity contribution is 5.94. The van der Waals surface area contributed by atoms with Gasteiger partial charge in [0.2, 0.25) is 5.91 Å². The van der Waals surface area contributed by atoms with Gasteiger partial charge in [-0.3, -0.25) is 9.69 Å². The van der Waals surface area contributed by atoms with Gasteiger partial charge in [-0.25, -0.2) is 4.98 Å². The molecule has 1 unspecified atom stereocenters. The van der Waals surface area contributed by atoms with Crippen LogP contribution in [0.25, 0.3) is 10.4 Å². The Morgan fingerprint density at radius 1 is 1.67 bits per heavy atom. The highest BCUT2D eigenvalue weighted by Gasteiger charge is 2.30. The molecule has 1 aromatic rings. The lowest BCUT2D eigenvalue weighted by atomic mass is 10.1. The molecule has 1 saturated heterocycles. The molecule has 7 nitrogen and oxygen atoms in total. The molecule has 1 aromatic heterocycles. The maximum Gasteiger partial charge on any atom is 0.228 e. The third-order valence-electron chi connectivity index (χ3n) is 2.76. The number of rotatable bonds is 3. The highest BCUT2D eigenvalue weighted by atomic mass is 16.2. The van der Waals surface area contributed by atoms with Gasteiger partial charge in [-0.1, -0.05) is 5.11 Å². The minimum Gasteiger partial charge on any atom is -0.297 e. The number of amides is 1. The third-order valence-corrected chi connectivity index (χ3v) is 2.76. The van der Waals surface area contributed by atoms with Crippen molar-refractivity contribution in [2.45, 2.75) is 6.42 Å². The standard InChI is InChI=1S/C11H10N6O/c12-4-8-1-2-10(14-5-8)17-7-9(3-11(17)18)6-15-16-13/h1-2,5,9H,3,6-7H2. The number of pyridine rings is 1. The average molecular weight is 242 g/mol. The Hall–Kier alpha value is -2.58. The van der Waals surface area contributed by atoms with Crippen molar-refractivity contribution in [3.63, 3.8) is 0 Å². The maximum atomic E-state index is 11.8. The predicted octanol–water partition coefficient (Wildman–Crippen LogP) is 1.62. The molecule has 0 N–H and O–H groups in total. The first-order valence-corrected chi connectivity index (χ1v) is 5.42. The number of carbonyl (C=O) groups is 1. The highest BCUT2D eigenvalue weighted by Crippen LogP contribution is 2.23. The molecular weight excluding hydrogens is 232 g/mol. The average Bonchev–Trinajstić information content (AvgIpc) is 2.78. The number of azide groups is 1. The number of anilines is 1. The van der Waals surface area contributed by atoms with Crippen LogP contribution in [0.1, 0.15) is 12.0 Å². The van der Waals surface area contributed by atoms with Crippen molar-refractivity contribution in [1.29, 1.82) is 5.26 Å². The van der Waals surface area contributed by atoms with Crippen LogP contribution in [0.3, 0.4) is 0 Å². The van der Waals surface area contributed by atoms with Gasteiger partial charge in [0.05, 0.1) is 5.56 Å². The molecule has 2 heterocycles. The van der Waals surface area contributed by atoms with Crippen molar-refractivity contribution >= 4 is 11.7 Å². The van der Waals surface area contributed by atoms with E-state index in [1.54, 1.807) is 17.0 Å². The minimum absolute atomic E-state index is 0.0332. The van der Waals surface area contributed by atoms with E-state index in [-0.39, 0.29) is 11.8 Å². The van der Waals surface area contributed by atoms with Gasteiger partial charge < -0.3 is 0 Å². The summed E-state index contributed by atoms with van der Waals surface area (Å²) in [5.74, 6) is 0.527. The summed E-state index contributed by atoms with van der Waals surface area (Å²) < 4.78 is 0. The first kappa shape index (κ1) is 11.9. The number of hydrogen-bond acceptors (Lipinski definition) is 4. The van der Waals surface area contributed by atoms with Crippen LogP contribution in [0.15, 0.2) is 23.4 Å². The maximum absolute atomic E-state index is 11.8. The van der Waals surface area contributed by atoms with Gasteiger partial charge in [0, 0.05) is 30.6 Å². The van der Waals surface area contributed by atoms with Gasteiger partial charge in [0.1, 0.15) is 11.9 Å². The van der Waals surface area contributed by atoms with E-state index in [1.807, 2.05) is 6.07 Å². The number of hydrogen-bond donors (Lipinski definition) is 0. The van der Waals surface area contributed by atoms with Crippen molar-refractivity contribution in [1.82, 2.24) is 4.98 Å². The fourth-order valence-corrected chi connectivity index (χ4v) is 1.89. The Labute approximate surface area is 103 Å². The zero-order valence-electron chi connectivity index (χ0n) is 9.52. The second-order valence-corrected chi connectivity index (χ2v) is 4.00. The lowest BCUT2D eigenvalue weighted by Crippen LogP contribution is -2.25. The smallest absolute Gasteiger partial charge is 0.228 e. The zero-order chi connectivity index (χ0) is 13.0. The Bertz CT molecular complexity index is 540. The molecule has 1 aliphatic rings. The molecule has 18 heavy (non-hydrogen) atoms. The summed E-state index contributed by atoms with van der Waals surface area (Å²) in [4.78, 5) is 20.1. The summed E-state index contributed by atoms with van der Waals surface area (Å²) in [6.07, 6.45) is 1.80. The van der Waals surface area contributed by atoms with Crippen molar-refractivity contribution in [2.75, 3.05) is 18.0 Å². The lowest BCUT2D eigenvalue weighted by molar-refractivity contribution is -0.117. The largest absolute Gasteiger partial charge is 0.297 e. The topological polar surface area (TPSA) is 106 Å². The van der Waals surface area contributed by atoms with E-state index in [0.717, 1.165) is 0 Å². The van der Waals surface area contributed by atoms with Crippen molar-refractivity contribution < 1.29 is 4.79 Å². The molecule has 0 radical (unpaired) electrons. The van der Waals surface area contributed by atoms with E-state index < -0.39 is 0 Å². The Balaban J connectivity index is 2.11. The predicted molar refractivity (Wildman–Crippen MR) is 63.4 cm³/mol. The molecule has 2 rings (SSSR count). The van der Waals surface area contributed by atoms with Gasteiger partial charge in [0.15, 0.2) is 0 Å². The summed E-state index contributed by atoms with van der Waals surface area (Å²) in [6.45, 7) is 0.811. The monoisotopic (exact) mass is 242 g/mol. The second kappa shape index (κ2) is 5.17. The molecule has 1 amide bonds. The molecule has 0 aliphatic carbocycles. The van der Waals surface area contributed by atoms with E-state index in [0.29, 0.717) is 30.9 Å². The number of carbonyl (C=O) groups excluding carboxylic acids is 1.